The van der Waals surface area contributed by atoms with Crippen molar-refractivity contribution in [1.82, 2.24) is 9.62 Å². The monoisotopic (exact) mass is 463 g/mol. The van der Waals surface area contributed by atoms with E-state index in [2.05, 4.69) is 5.32 Å². The fourth-order valence-electron chi connectivity index (χ4n) is 3.55. The molecule has 32 heavy (non-hydrogen) atoms. The third-order valence-corrected chi connectivity index (χ3v) is 7.28. The summed E-state index contributed by atoms with van der Waals surface area (Å²) in [6.45, 7) is 0.273. The third-order valence-electron chi connectivity index (χ3n) is 5.39. The van der Waals surface area contributed by atoms with E-state index in [1.165, 1.54) is 52.8 Å². The summed E-state index contributed by atoms with van der Waals surface area (Å²) in [7, 11) is -3.72. The van der Waals surface area contributed by atoms with Gasteiger partial charge < -0.3 is 15.5 Å². The summed E-state index contributed by atoms with van der Waals surface area (Å²) in [5.74, 6) is -0.666. The van der Waals surface area contributed by atoms with Gasteiger partial charge in [-0.15, -0.1) is 0 Å². The number of nitro benzene ring substituents is 1. The average molecular weight is 464 g/mol. The number of nitrogens with zero attached hydrogens (tertiary/aromatic N) is 2. The van der Waals surface area contributed by atoms with Crippen molar-refractivity contribution >= 4 is 21.6 Å². The second kappa shape index (κ2) is 10.2. The minimum absolute atomic E-state index is 0.00326. The number of rotatable bonds is 8. The molecule has 2 atom stereocenters. The van der Waals surface area contributed by atoms with Crippen molar-refractivity contribution in [2.75, 3.05) is 19.7 Å². The summed E-state index contributed by atoms with van der Waals surface area (Å²) in [6, 6.07) is 9.60. The molecule has 0 bridgehead atoms. The number of carbonyl (C=O) groups is 1. The maximum absolute atomic E-state index is 12.9. The van der Waals surface area contributed by atoms with Crippen LogP contribution in [0.3, 0.4) is 0 Å². The molecule has 2 aromatic carbocycles. The van der Waals surface area contributed by atoms with Crippen molar-refractivity contribution in [2.45, 2.75) is 36.3 Å². The number of nitrogens with one attached hydrogen (secondary N) is 1. The lowest BCUT2D eigenvalue weighted by atomic mass is 10.0. The average Bonchev–Trinajstić information content (AvgIpc) is 2.82. The molecule has 1 heterocycles. The number of benzene rings is 2. The van der Waals surface area contributed by atoms with Gasteiger partial charge in [0.15, 0.2) is 0 Å². The normalized spacial score (nSPS) is 16.8. The molecule has 0 aliphatic carbocycles. The number of hydrogen-bond donors (Lipinski definition) is 3. The van der Waals surface area contributed by atoms with Crippen molar-refractivity contribution < 1.29 is 28.3 Å². The summed E-state index contributed by atoms with van der Waals surface area (Å²) >= 11 is 0. The predicted molar refractivity (Wildman–Crippen MR) is 115 cm³/mol. The van der Waals surface area contributed by atoms with Crippen LogP contribution in [0.15, 0.2) is 53.4 Å². The number of sulfonamides is 1. The van der Waals surface area contributed by atoms with Crippen molar-refractivity contribution in [1.29, 1.82) is 0 Å². The lowest BCUT2D eigenvalue weighted by molar-refractivity contribution is -0.384. The molecule has 1 aliphatic heterocycles. The number of piperidine rings is 1. The van der Waals surface area contributed by atoms with Gasteiger partial charge >= 0.3 is 0 Å². The summed E-state index contributed by atoms with van der Waals surface area (Å²) in [6.07, 6.45) is 1.23. The number of aliphatic hydroxyl groups excluding tert-OH is 2. The highest BCUT2D eigenvalue weighted by Gasteiger charge is 2.28. The minimum Gasteiger partial charge on any atom is -0.394 e. The van der Waals surface area contributed by atoms with Gasteiger partial charge in [-0.1, -0.05) is 12.5 Å². The summed E-state index contributed by atoms with van der Waals surface area (Å²) in [5.41, 5.74) is 0.186. The van der Waals surface area contributed by atoms with Crippen molar-refractivity contribution in [3.63, 3.8) is 0 Å². The van der Waals surface area contributed by atoms with Gasteiger partial charge in [0.1, 0.15) is 6.10 Å². The Morgan fingerprint density at radius 1 is 1.12 bits per heavy atom. The van der Waals surface area contributed by atoms with Crippen molar-refractivity contribution in [3.05, 3.63) is 69.8 Å². The molecule has 2 aromatic rings. The highest BCUT2D eigenvalue weighted by molar-refractivity contribution is 7.89. The van der Waals surface area contributed by atoms with Gasteiger partial charge in [0, 0.05) is 30.8 Å². The minimum atomic E-state index is -3.72. The Labute approximate surface area is 185 Å². The number of nitro groups is 1. The number of hydrogen-bond acceptors (Lipinski definition) is 7. The molecule has 172 valence electrons. The van der Waals surface area contributed by atoms with Gasteiger partial charge in [-0.25, -0.2) is 8.42 Å². The number of amides is 1. The molecule has 1 amide bonds. The smallest absolute Gasteiger partial charge is 0.269 e. The van der Waals surface area contributed by atoms with E-state index in [4.69, 9.17) is 0 Å². The SMILES string of the molecule is O=C(N[C@H](CO)[C@H](O)c1ccc([N+](=O)[O-])cc1)c1cccc(S(=O)(=O)N2CCCCC2)c1. The quantitative estimate of drug-likeness (QED) is 0.397. The Bertz CT molecular complexity index is 1070. The molecule has 10 nitrogen and oxygen atoms in total. The van der Waals surface area contributed by atoms with E-state index < -0.39 is 39.6 Å². The molecule has 0 unspecified atom stereocenters. The van der Waals surface area contributed by atoms with Gasteiger partial charge in [-0.05, 0) is 48.7 Å². The van der Waals surface area contributed by atoms with Crippen LogP contribution in [0.2, 0.25) is 0 Å². The van der Waals surface area contributed by atoms with Crippen molar-refractivity contribution in [2.24, 2.45) is 0 Å². The molecule has 1 fully saturated rings. The second-order valence-corrected chi connectivity index (χ2v) is 9.49. The van der Waals surface area contributed by atoms with Gasteiger partial charge in [0.2, 0.25) is 10.0 Å². The van der Waals surface area contributed by atoms with Gasteiger partial charge in [-0.3, -0.25) is 14.9 Å². The molecule has 3 N–H and O–H groups in total. The third kappa shape index (κ3) is 5.30. The van der Waals surface area contributed by atoms with E-state index in [-0.39, 0.29) is 21.7 Å². The lowest BCUT2D eigenvalue weighted by Gasteiger charge is -2.26. The molecule has 1 aliphatic rings. The van der Waals surface area contributed by atoms with E-state index >= 15 is 0 Å². The van der Waals surface area contributed by atoms with Crippen LogP contribution in [-0.2, 0) is 10.0 Å². The fraction of sp³-hybridized carbons (Fsp3) is 0.381. The number of non-ortho nitro benzene ring substituents is 1. The summed E-state index contributed by atoms with van der Waals surface area (Å²) < 4.78 is 27.2. The molecule has 11 heteroatoms. The van der Waals surface area contributed by atoms with Gasteiger partial charge in [0.05, 0.1) is 22.5 Å². The molecular formula is C21H25N3O7S. The Kier molecular flexibility index (Phi) is 7.56. The van der Waals surface area contributed by atoms with Gasteiger partial charge in [0.25, 0.3) is 11.6 Å². The van der Waals surface area contributed by atoms with Crippen LogP contribution >= 0.6 is 0 Å². The van der Waals surface area contributed by atoms with Crippen LogP contribution in [0.1, 0.15) is 41.3 Å². The first kappa shape index (κ1) is 23.8. The first-order valence-corrected chi connectivity index (χ1v) is 11.6. The molecule has 0 spiro atoms. The zero-order chi connectivity index (χ0) is 23.3. The zero-order valence-corrected chi connectivity index (χ0v) is 18.1. The fourth-order valence-corrected chi connectivity index (χ4v) is 5.12. The molecule has 0 saturated carbocycles. The van der Waals surface area contributed by atoms with Crippen LogP contribution in [0.5, 0.6) is 0 Å². The first-order valence-electron chi connectivity index (χ1n) is 10.2. The molecule has 0 radical (unpaired) electrons. The van der Waals surface area contributed by atoms with E-state index in [1.807, 2.05) is 0 Å². The summed E-state index contributed by atoms with van der Waals surface area (Å²) in [4.78, 5) is 22.9. The Balaban J connectivity index is 1.75. The first-order chi connectivity index (χ1) is 15.2. The van der Waals surface area contributed by atoms with Gasteiger partial charge in [-0.2, -0.15) is 4.31 Å². The highest BCUT2D eigenvalue weighted by Crippen LogP contribution is 2.23. The molecule has 3 rings (SSSR count). The Morgan fingerprint density at radius 3 is 2.38 bits per heavy atom. The van der Waals surface area contributed by atoms with Crippen LogP contribution in [0.25, 0.3) is 0 Å². The van der Waals surface area contributed by atoms with E-state index in [0.717, 1.165) is 19.3 Å². The van der Waals surface area contributed by atoms with E-state index in [9.17, 15) is 33.5 Å². The van der Waals surface area contributed by atoms with Crippen LogP contribution in [0.4, 0.5) is 5.69 Å². The lowest BCUT2D eigenvalue weighted by Crippen LogP contribution is -2.42. The molecule has 0 aromatic heterocycles. The Hall–Kier alpha value is -2.86. The standard InChI is InChI=1S/C21H25N3O7S/c25-14-19(20(26)15-7-9-17(10-8-15)24(28)29)22-21(27)16-5-4-6-18(13-16)32(30,31)23-11-2-1-3-12-23/h4-10,13,19-20,25-26H,1-3,11-12,14H2,(H,22,27)/t19-,20-/m1/s1. The maximum atomic E-state index is 12.9. The predicted octanol–water partition coefficient (Wildman–Crippen LogP) is 1.59. The number of carbonyl (C=O) groups excluding carboxylic acids is 1. The molecule has 1 saturated heterocycles. The second-order valence-electron chi connectivity index (χ2n) is 7.55. The van der Waals surface area contributed by atoms with E-state index in [0.29, 0.717) is 13.1 Å². The maximum Gasteiger partial charge on any atom is 0.269 e. The largest absolute Gasteiger partial charge is 0.394 e. The number of aliphatic hydroxyl groups is 2. The van der Waals surface area contributed by atoms with E-state index in [1.54, 1.807) is 0 Å². The van der Waals surface area contributed by atoms with Crippen LogP contribution in [0, 0.1) is 10.1 Å². The van der Waals surface area contributed by atoms with Crippen LogP contribution in [-0.4, -0.2) is 59.5 Å². The molecular weight excluding hydrogens is 438 g/mol. The zero-order valence-electron chi connectivity index (χ0n) is 17.3. The van der Waals surface area contributed by atoms with Crippen LogP contribution < -0.4 is 5.32 Å². The highest BCUT2D eigenvalue weighted by atomic mass is 32.2. The Morgan fingerprint density at radius 2 is 1.78 bits per heavy atom. The summed E-state index contributed by atoms with van der Waals surface area (Å²) in [5, 5.41) is 33.4. The topological polar surface area (TPSA) is 150 Å². The van der Waals surface area contributed by atoms with Crippen molar-refractivity contribution in [3.8, 4) is 0 Å².